The SMILES string of the molecule is Cc1c(NC(=O)C2CCN(c3ccc4nnc(C(F)(F)F)n4n3)CC2)n[nH]c1C(F)(F)F. The molecule has 1 aliphatic heterocycles. The summed E-state index contributed by atoms with van der Waals surface area (Å²) in [6, 6.07) is 2.87. The number of carbonyl (C=O) groups excluding carboxylic acids is 1. The second-order valence-corrected chi connectivity index (χ2v) is 7.30. The van der Waals surface area contributed by atoms with E-state index in [0.29, 0.717) is 30.4 Å². The number of amides is 1. The van der Waals surface area contributed by atoms with Gasteiger partial charge in [-0.05, 0) is 31.9 Å². The van der Waals surface area contributed by atoms with E-state index in [0.717, 1.165) is 0 Å². The Morgan fingerprint density at radius 3 is 2.38 bits per heavy atom. The molecular weight excluding hydrogens is 446 g/mol. The van der Waals surface area contributed by atoms with Crippen LogP contribution in [0.5, 0.6) is 0 Å². The van der Waals surface area contributed by atoms with Crippen LogP contribution in [0.4, 0.5) is 38.0 Å². The van der Waals surface area contributed by atoms with Crippen molar-refractivity contribution < 1.29 is 31.1 Å². The highest BCUT2D eigenvalue weighted by Gasteiger charge is 2.38. The van der Waals surface area contributed by atoms with E-state index in [2.05, 4.69) is 25.7 Å². The van der Waals surface area contributed by atoms with Gasteiger partial charge >= 0.3 is 12.4 Å². The lowest BCUT2D eigenvalue weighted by atomic mass is 9.96. The lowest BCUT2D eigenvalue weighted by Crippen LogP contribution is -2.39. The van der Waals surface area contributed by atoms with Crippen LogP contribution in [0.25, 0.3) is 5.65 Å². The number of rotatable bonds is 3. The first-order valence-electron chi connectivity index (χ1n) is 9.43. The van der Waals surface area contributed by atoms with Crippen molar-refractivity contribution in [1.82, 2.24) is 30.0 Å². The molecule has 0 aromatic carbocycles. The number of anilines is 2. The Morgan fingerprint density at radius 1 is 1.09 bits per heavy atom. The van der Waals surface area contributed by atoms with Gasteiger partial charge in [-0.15, -0.1) is 15.3 Å². The molecule has 2 N–H and O–H groups in total. The number of carbonyl (C=O) groups is 1. The summed E-state index contributed by atoms with van der Waals surface area (Å²) in [7, 11) is 0. The predicted octanol–water partition coefficient (Wildman–Crippen LogP) is 3.05. The number of aromatic amines is 1. The van der Waals surface area contributed by atoms with Crippen LogP contribution in [-0.4, -0.2) is 49.0 Å². The highest BCUT2D eigenvalue weighted by Crippen LogP contribution is 2.33. The van der Waals surface area contributed by atoms with E-state index in [1.54, 1.807) is 4.90 Å². The number of aromatic nitrogens is 6. The molecule has 15 heteroatoms. The number of hydrogen-bond acceptors (Lipinski definition) is 6. The summed E-state index contributed by atoms with van der Waals surface area (Å²) < 4.78 is 78.3. The van der Waals surface area contributed by atoms with Gasteiger partial charge in [-0.1, -0.05) is 0 Å². The lowest BCUT2D eigenvalue weighted by Gasteiger charge is -2.31. The minimum absolute atomic E-state index is 0.0528. The van der Waals surface area contributed by atoms with Crippen molar-refractivity contribution in [2.45, 2.75) is 32.1 Å². The van der Waals surface area contributed by atoms with E-state index < -0.39 is 35.7 Å². The first-order valence-corrected chi connectivity index (χ1v) is 9.43. The summed E-state index contributed by atoms with van der Waals surface area (Å²) in [5, 5.41) is 18.4. The Balaban J connectivity index is 1.42. The van der Waals surface area contributed by atoms with Crippen molar-refractivity contribution in [3.63, 3.8) is 0 Å². The van der Waals surface area contributed by atoms with Crippen molar-refractivity contribution >= 4 is 23.2 Å². The molecule has 0 aliphatic carbocycles. The van der Waals surface area contributed by atoms with Crippen LogP contribution in [0.1, 0.15) is 29.9 Å². The Morgan fingerprint density at radius 2 is 1.78 bits per heavy atom. The molecule has 1 fully saturated rings. The molecular formula is C17H16F6N8O. The van der Waals surface area contributed by atoms with Crippen LogP contribution in [0.15, 0.2) is 12.1 Å². The Kier molecular flexibility index (Phi) is 5.21. The van der Waals surface area contributed by atoms with Gasteiger partial charge in [0.1, 0.15) is 11.5 Å². The fourth-order valence-electron chi connectivity index (χ4n) is 3.51. The number of halogens is 6. The average Bonchev–Trinajstić information content (AvgIpc) is 3.31. The smallest absolute Gasteiger partial charge is 0.355 e. The first-order chi connectivity index (χ1) is 14.9. The summed E-state index contributed by atoms with van der Waals surface area (Å²) in [5.74, 6) is -2.14. The predicted molar refractivity (Wildman–Crippen MR) is 97.7 cm³/mol. The molecule has 9 nitrogen and oxygen atoms in total. The summed E-state index contributed by atoms with van der Waals surface area (Å²) in [6.45, 7) is 1.83. The van der Waals surface area contributed by atoms with E-state index in [4.69, 9.17) is 0 Å². The molecule has 0 unspecified atom stereocenters. The maximum absolute atomic E-state index is 13.0. The van der Waals surface area contributed by atoms with Crippen molar-refractivity contribution in [2.75, 3.05) is 23.3 Å². The number of fused-ring (bicyclic) bond motifs is 1. The summed E-state index contributed by atoms with van der Waals surface area (Å²) in [6.07, 6.45) is -8.67. The van der Waals surface area contributed by atoms with E-state index in [1.165, 1.54) is 19.1 Å². The summed E-state index contributed by atoms with van der Waals surface area (Å²) in [5.41, 5.74) is -1.30. The van der Waals surface area contributed by atoms with E-state index in [-0.39, 0.29) is 22.8 Å². The second kappa shape index (κ2) is 7.63. The molecule has 3 aromatic rings. The van der Waals surface area contributed by atoms with Gasteiger partial charge in [0.25, 0.3) is 5.82 Å². The van der Waals surface area contributed by atoms with Gasteiger partial charge in [-0.3, -0.25) is 9.89 Å². The zero-order valence-electron chi connectivity index (χ0n) is 16.4. The fourth-order valence-corrected chi connectivity index (χ4v) is 3.51. The molecule has 1 amide bonds. The van der Waals surface area contributed by atoms with E-state index in [9.17, 15) is 31.1 Å². The highest BCUT2D eigenvalue weighted by atomic mass is 19.4. The number of H-pyrrole nitrogens is 1. The fraction of sp³-hybridized carbons (Fsp3) is 0.471. The van der Waals surface area contributed by atoms with E-state index >= 15 is 0 Å². The summed E-state index contributed by atoms with van der Waals surface area (Å²) >= 11 is 0. The Bertz CT molecular complexity index is 1140. The molecule has 3 aromatic heterocycles. The molecule has 0 atom stereocenters. The van der Waals surface area contributed by atoms with Gasteiger partial charge in [-0.25, -0.2) is 0 Å². The molecule has 1 saturated heterocycles. The van der Waals surface area contributed by atoms with Gasteiger partial charge in [-0.2, -0.15) is 36.0 Å². The van der Waals surface area contributed by atoms with Gasteiger partial charge in [0.05, 0.1) is 0 Å². The monoisotopic (exact) mass is 462 g/mol. The lowest BCUT2D eigenvalue weighted by molar-refractivity contribution is -0.146. The zero-order chi connectivity index (χ0) is 23.3. The average molecular weight is 462 g/mol. The minimum atomic E-state index is -4.72. The third kappa shape index (κ3) is 4.05. The third-order valence-corrected chi connectivity index (χ3v) is 5.23. The van der Waals surface area contributed by atoms with Crippen molar-refractivity contribution in [3.8, 4) is 0 Å². The quantitative estimate of drug-likeness (QED) is 0.580. The van der Waals surface area contributed by atoms with Crippen molar-refractivity contribution in [3.05, 3.63) is 29.2 Å². The van der Waals surface area contributed by atoms with Crippen LogP contribution in [0, 0.1) is 12.8 Å². The normalized spacial score (nSPS) is 16.0. The van der Waals surface area contributed by atoms with Gasteiger partial charge < -0.3 is 10.2 Å². The number of nitrogens with one attached hydrogen (secondary N) is 2. The number of hydrogen-bond donors (Lipinski definition) is 2. The van der Waals surface area contributed by atoms with Crippen LogP contribution >= 0.6 is 0 Å². The standard InChI is InChI=1S/C17H16F6N8O/c1-8-12(16(18,19)20)26-27-13(8)24-14(32)9-4-6-30(7-5-9)11-3-2-10-25-28-15(17(21,22)23)31(10)29-11/h2-3,9H,4-7H2,1H3,(H2,24,26,27,32). The molecule has 0 spiro atoms. The molecule has 0 saturated carbocycles. The van der Waals surface area contributed by atoms with Crippen LogP contribution in [0.2, 0.25) is 0 Å². The third-order valence-electron chi connectivity index (χ3n) is 5.23. The molecule has 32 heavy (non-hydrogen) atoms. The van der Waals surface area contributed by atoms with Gasteiger partial charge in [0, 0.05) is 24.6 Å². The summed E-state index contributed by atoms with van der Waals surface area (Å²) in [4.78, 5) is 14.2. The molecule has 0 radical (unpaired) electrons. The second-order valence-electron chi connectivity index (χ2n) is 7.30. The number of alkyl halides is 6. The first kappa shape index (κ1) is 21.8. The maximum atomic E-state index is 13.0. The van der Waals surface area contributed by atoms with Crippen LogP contribution in [-0.2, 0) is 17.1 Å². The topological polar surface area (TPSA) is 104 Å². The molecule has 4 rings (SSSR count). The molecule has 4 heterocycles. The van der Waals surface area contributed by atoms with Gasteiger partial charge in [0.2, 0.25) is 5.91 Å². The van der Waals surface area contributed by atoms with E-state index in [1.807, 2.05) is 5.10 Å². The maximum Gasteiger partial charge on any atom is 0.453 e. The largest absolute Gasteiger partial charge is 0.453 e. The van der Waals surface area contributed by atoms with Crippen molar-refractivity contribution in [2.24, 2.45) is 5.92 Å². The Hall–Kier alpha value is -3.39. The molecule has 1 aliphatic rings. The zero-order valence-corrected chi connectivity index (χ0v) is 16.4. The van der Waals surface area contributed by atoms with Crippen LogP contribution < -0.4 is 10.2 Å². The number of piperidine rings is 1. The van der Waals surface area contributed by atoms with Gasteiger partial charge in [0.15, 0.2) is 11.5 Å². The molecule has 0 bridgehead atoms. The highest BCUT2D eigenvalue weighted by molar-refractivity contribution is 5.92. The minimum Gasteiger partial charge on any atom is -0.355 e. The van der Waals surface area contributed by atoms with Crippen LogP contribution in [0.3, 0.4) is 0 Å². The molecule has 172 valence electrons. The van der Waals surface area contributed by atoms with Crippen molar-refractivity contribution in [1.29, 1.82) is 0 Å². The number of nitrogens with zero attached hydrogens (tertiary/aromatic N) is 6. The Labute approximate surface area is 175 Å².